The van der Waals surface area contributed by atoms with Gasteiger partial charge in [-0.15, -0.1) is 11.3 Å². The SMILES string of the molecule is CCOC(=O)[C@@H](OC(C)(C)C)c1c(C)cc2nc(-c3ccc4c(c3)c(C3CCN(C5CCC5)CC3)nn4C(F)F)sc2c1-c1ccc(Cl)cc1. The topological polar surface area (TPSA) is 69.5 Å². The second-order valence-corrected chi connectivity index (χ2v) is 15.9. The van der Waals surface area contributed by atoms with E-state index in [1.54, 1.807) is 13.0 Å². The normalized spacial score (nSPS) is 17.1. The molecule has 1 atom stereocenters. The lowest BCUT2D eigenvalue weighted by molar-refractivity contribution is -0.166. The Balaban J connectivity index is 1.35. The van der Waals surface area contributed by atoms with Crippen LogP contribution >= 0.6 is 22.9 Å². The van der Waals surface area contributed by atoms with E-state index in [9.17, 15) is 13.6 Å². The van der Waals surface area contributed by atoms with E-state index in [1.807, 2.05) is 70.2 Å². The number of aromatic nitrogens is 3. The monoisotopic (exact) mass is 720 g/mol. The Hall–Kier alpha value is -3.44. The van der Waals surface area contributed by atoms with Crippen molar-refractivity contribution in [2.45, 2.75) is 96.9 Å². The average molecular weight is 721 g/mol. The molecular weight excluding hydrogens is 678 g/mol. The van der Waals surface area contributed by atoms with Crippen molar-refractivity contribution < 1.29 is 23.0 Å². The van der Waals surface area contributed by atoms with Gasteiger partial charge in [0.15, 0.2) is 6.10 Å². The van der Waals surface area contributed by atoms with Crippen molar-refractivity contribution in [1.29, 1.82) is 0 Å². The zero-order chi connectivity index (χ0) is 35.3. The number of carbonyl (C=O) groups excluding carboxylic acids is 1. The molecule has 1 aliphatic heterocycles. The molecule has 0 unspecified atom stereocenters. The van der Waals surface area contributed by atoms with Crippen LogP contribution in [0.2, 0.25) is 5.02 Å². The third-order valence-corrected chi connectivity index (χ3v) is 11.4. The zero-order valence-corrected chi connectivity index (χ0v) is 30.7. The molecule has 11 heteroatoms. The molecular formula is C39H43ClF2N4O3S. The van der Waals surface area contributed by atoms with Gasteiger partial charge in [-0.25, -0.2) is 14.5 Å². The number of hydrogen-bond acceptors (Lipinski definition) is 7. The van der Waals surface area contributed by atoms with Crippen LogP contribution in [-0.2, 0) is 14.3 Å². The predicted molar refractivity (Wildman–Crippen MR) is 196 cm³/mol. The van der Waals surface area contributed by atoms with Crippen molar-refractivity contribution in [2.24, 2.45) is 0 Å². The van der Waals surface area contributed by atoms with Gasteiger partial charge in [-0.05, 0) is 121 Å². The molecule has 2 aromatic heterocycles. The van der Waals surface area contributed by atoms with Crippen molar-refractivity contribution in [3.63, 3.8) is 0 Å². The number of likely N-dealkylation sites (tertiary alicyclic amines) is 1. The summed E-state index contributed by atoms with van der Waals surface area (Å²) in [6, 6.07) is 15.8. The van der Waals surface area contributed by atoms with E-state index in [0.717, 1.165) is 79.2 Å². The van der Waals surface area contributed by atoms with E-state index in [1.165, 1.54) is 30.6 Å². The molecule has 3 aromatic carbocycles. The number of esters is 1. The van der Waals surface area contributed by atoms with Gasteiger partial charge in [0.25, 0.3) is 0 Å². The zero-order valence-electron chi connectivity index (χ0n) is 29.1. The maximum absolute atomic E-state index is 14.3. The lowest BCUT2D eigenvalue weighted by Crippen LogP contribution is -2.44. The molecule has 2 aliphatic rings. The largest absolute Gasteiger partial charge is 0.464 e. The highest BCUT2D eigenvalue weighted by Gasteiger charge is 2.35. The number of benzene rings is 3. The van der Waals surface area contributed by atoms with Crippen LogP contribution in [0.3, 0.4) is 0 Å². The van der Waals surface area contributed by atoms with Crippen molar-refractivity contribution in [2.75, 3.05) is 19.7 Å². The summed E-state index contributed by atoms with van der Waals surface area (Å²) in [6.45, 7) is 8.90. The molecule has 3 heterocycles. The van der Waals surface area contributed by atoms with Gasteiger partial charge < -0.3 is 14.4 Å². The van der Waals surface area contributed by atoms with Crippen LogP contribution < -0.4 is 0 Å². The molecule has 7 rings (SSSR count). The number of alkyl halides is 2. The lowest BCUT2D eigenvalue weighted by Gasteiger charge is -2.41. The molecule has 1 saturated carbocycles. The smallest absolute Gasteiger partial charge is 0.339 e. The first kappa shape index (κ1) is 35.0. The number of thiazole rings is 1. The Bertz CT molecular complexity index is 2030. The van der Waals surface area contributed by atoms with Crippen molar-refractivity contribution in [3.8, 4) is 21.7 Å². The Morgan fingerprint density at radius 3 is 2.36 bits per heavy atom. The number of halogens is 3. The summed E-state index contributed by atoms with van der Waals surface area (Å²) in [5.74, 6) is -0.346. The quantitative estimate of drug-likeness (QED) is 0.141. The van der Waals surface area contributed by atoms with Gasteiger partial charge >= 0.3 is 12.5 Å². The van der Waals surface area contributed by atoms with Gasteiger partial charge in [0.2, 0.25) is 0 Å². The summed E-state index contributed by atoms with van der Waals surface area (Å²) < 4.78 is 42.3. The molecule has 1 aliphatic carbocycles. The Morgan fingerprint density at radius 1 is 1.04 bits per heavy atom. The fourth-order valence-electron chi connectivity index (χ4n) is 7.41. The minimum absolute atomic E-state index is 0.115. The molecule has 1 saturated heterocycles. The van der Waals surface area contributed by atoms with E-state index in [0.29, 0.717) is 22.1 Å². The molecule has 0 N–H and O–H groups in total. The van der Waals surface area contributed by atoms with Crippen molar-refractivity contribution in [3.05, 3.63) is 70.4 Å². The number of hydrogen-bond donors (Lipinski definition) is 0. The number of aryl methyl sites for hydroxylation is 1. The van der Waals surface area contributed by atoms with Crippen molar-refractivity contribution >= 4 is 50.0 Å². The molecule has 5 aromatic rings. The Morgan fingerprint density at radius 2 is 1.74 bits per heavy atom. The van der Waals surface area contributed by atoms with E-state index in [-0.39, 0.29) is 12.5 Å². The van der Waals surface area contributed by atoms with Crippen LogP contribution in [-0.4, -0.2) is 57.0 Å². The molecule has 0 bridgehead atoms. The van der Waals surface area contributed by atoms with Crippen molar-refractivity contribution in [1.82, 2.24) is 19.7 Å². The maximum atomic E-state index is 14.3. The number of fused-ring (bicyclic) bond motifs is 2. The van der Waals surface area contributed by atoms with E-state index < -0.39 is 24.2 Å². The fraction of sp³-hybridized carbons (Fsp3) is 0.462. The van der Waals surface area contributed by atoms with Crippen LogP contribution in [0.5, 0.6) is 0 Å². The number of rotatable bonds is 9. The minimum Gasteiger partial charge on any atom is -0.464 e. The summed E-state index contributed by atoms with van der Waals surface area (Å²) in [6.07, 6.45) is 4.64. The van der Waals surface area contributed by atoms with Gasteiger partial charge in [0, 0.05) is 39.1 Å². The highest BCUT2D eigenvalue weighted by atomic mass is 35.5. The standard InChI is InChI=1S/C39H43ClF2N4O3S/c1-6-48-37(47)34(49-39(3,4)5)31-22(2)20-29-35(32(31)23-10-13-26(40)14-11-23)50-36(43-29)25-12-15-30-28(21-25)33(44-46(30)38(41)42)24-16-18-45(19-17-24)27-8-7-9-27/h10-15,20-21,24,27,34,38H,6-9,16-19H2,1-5H3/t34-/m0/s1. The molecule has 264 valence electrons. The highest BCUT2D eigenvalue weighted by Crippen LogP contribution is 2.45. The fourth-order valence-corrected chi connectivity index (χ4v) is 8.66. The molecule has 0 amide bonds. The number of piperidine rings is 1. The minimum atomic E-state index is -2.74. The number of carbonyl (C=O) groups is 1. The second kappa shape index (κ2) is 13.9. The van der Waals surface area contributed by atoms with Crippen LogP contribution in [0.25, 0.3) is 42.8 Å². The van der Waals surface area contributed by atoms with Crippen LogP contribution in [0.15, 0.2) is 48.5 Å². The number of ether oxygens (including phenoxy) is 2. The van der Waals surface area contributed by atoms with Crippen LogP contribution in [0.4, 0.5) is 8.78 Å². The predicted octanol–water partition coefficient (Wildman–Crippen LogP) is 10.5. The first-order valence-corrected chi connectivity index (χ1v) is 18.7. The maximum Gasteiger partial charge on any atom is 0.339 e. The van der Waals surface area contributed by atoms with Gasteiger partial charge in [-0.1, -0.05) is 30.2 Å². The molecule has 7 nitrogen and oxygen atoms in total. The first-order valence-electron chi connectivity index (χ1n) is 17.5. The van der Waals surface area contributed by atoms with Crippen LogP contribution in [0.1, 0.15) is 95.2 Å². The van der Waals surface area contributed by atoms with E-state index >= 15 is 0 Å². The summed E-state index contributed by atoms with van der Waals surface area (Å²) >= 11 is 7.82. The Kier molecular flexibility index (Phi) is 9.75. The summed E-state index contributed by atoms with van der Waals surface area (Å²) in [4.78, 5) is 21.2. The van der Waals surface area contributed by atoms with Gasteiger partial charge in [-0.3, -0.25) is 0 Å². The summed E-state index contributed by atoms with van der Waals surface area (Å²) in [5.41, 5.74) is 5.37. The van der Waals surface area contributed by atoms with Gasteiger partial charge in [0.1, 0.15) is 5.01 Å². The molecule has 0 radical (unpaired) electrons. The highest BCUT2D eigenvalue weighted by molar-refractivity contribution is 7.22. The average Bonchev–Trinajstić information content (AvgIpc) is 3.65. The number of nitrogens with zero attached hydrogens (tertiary/aromatic N) is 4. The Labute approximate surface area is 300 Å². The van der Waals surface area contributed by atoms with Gasteiger partial charge in [0.05, 0.1) is 33.6 Å². The third-order valence-electron chi connectivity index (χ3n) is 9.97. The summed E-state index contributed by atoms with van der Waals surface area (Å²) in [7, 11) is 0. The molecule has 2 fully saturated rings. The molecule has 0 spiro atoms. The molecule has 50 heavy (non-hydrogen) atoms. The first-order chi connectivity index (χ1) is 23.9. The van der Waals surface area contributed by atoms with E-state index in [2.05, 4.69) is 10.00 Å². The third kappa shape index (κ3) is 6.79. The van der Waals surface area contributed by atoms with Crippen LogP contribution in [0, 0.1) is 6.92 Å². The lowest BCUT2D eigenvalue weighted by atomic mass is 9.86. The van der Waals surface area contributed by atoms with E-state index in [4.69, 9.17) is 26.1 Å². The van der Waals surface area contributed by atoms with Gasteiger partial charge in [-0.2, -0.15) is 13.9 Å². The second-order valence-electron chi connectivity index (χ2n) is 14.5. The summed E-state index contributed by atoms with van der Waals surface area (Å²) in [5, 5.41) is 6.61.